The molecule has 2 aromatic heterocycles. The molecule has 1 fully saturated rings. The molecule has 0 atom stereocenters. The van der Waals surface area contributed by atoms with E-state index in [9.17, 15) is 10.1 Å². The first kappa shape index (κ1) is 23.3. The number of aromatic nitrogens is 2. The van der Waals surface area contributed by atoms with E-state index in [1.165, 1.54) is 5.56 Å². The summed E-state index contributed by atoms with van der Waals surface area (Å²) in [5.74, 6) is 2.10. The fourth-order valence-electron chi connectivity index (χ4n) is 5.66. The Morgan fingerprint density at radius 2 is 1.76 bits per heavy atom. The number of imidazole rings is 1. The molecule has 0 radical (unpaired) electrons. The molecule has 1 amide bonds. The Kier molecular flexibility index (Phi) is 6.15. The summed E-state index contributed by atoms with van der Waals surface area (Å²) < 4.78 is 8.16. The summed E-state index contributed by atoms with van der Waals surface area (Å²) >= 11 is 0. The Labute approximate surface area is 216 Å². The number of pyridine rings is 1. The van der Waals surface area contributed by atoms with Gasteiger partial charge in [-0.2, -0.15) is 5.26 Å². The van der Waals surface area contributed by atoms with Crippen molar-refractivity contribution in [2.45, 2.75) is 19.9 Å². The molecule has 0 saturated carbocycles. The van der Waals surface area contributed by atoms with Gasteiger partial charge in [0.05, 0.1) is 16.6 Å². The van der Waals surface area contributed by atoms with Crippen LogP contribution in [-0.4, -0.2) is 71.0 Å². The minimum absolute atomic E-state index is 0.115. The van der Waals surface area contributed by atoms with Crippen molar-refractivity contribution >= 4 is 28.4 Å². The van der Waals surface area contributed by atoms with Crippen LogP contribution in [0.5, 0.6) is 5.75 Å². The Hall–Kier alpha value is -4.09. The summed E-state index contributed by atoms with van der Waals surface area (Å²) in [4.78, 5) is 23.6. The van der Waals surface area contributed by atoms with E-state index in [-0.39, 0.29) is 5.91 Å². The van der Waals surface area contributed by atoms with Crippen LogP contribution in [0.15, 0.2) is 54.6 Å². The first-order valence-electron chi connectivity index (χ1n) is 12.9. The Morgan fingerprint density at radius 1 is 1.00 bits per heavy atom. The van der Waals surface area contributed by atoms with E-state index < -0.39 is 0 Å². The first-order chi connectivity index (χ1) is 18.1. The van der Waals surface area contributed by atoms with Gasteiger partial charge in [0.15, 0.2) is 5.65 Å². The van der Waals surface area contributed by atoms with E-state index in [1.807, 2.05) is 53.4 Å². The van der Waals surface area contributed by atoms with E-state index in [1.54, 1.807) is 6.92 Å². The summed E-state index contributed by atoms with van der Waals surface area (Å²) in [6, 6.07) is 20.5. The average Bonchev–Trinajstić information content (AvgIpc) is 3.31. The zero-order valence-corrected chi connectivity index (χ0v) is 21.1. The predicted octanol–water partition coefficient (Wildman–Crippen LogP) is 3.46. The average molecular weight is 495 g/mol. The minimum Gasteiger partial charge on any atom is -0.492 e. The number of rotatable bonds is 5. The highest BCUT2D eigenvalue weighted by Gasteiger charge is 2.31. The third-order valence-corrected chi connectivity index (χ3v) is 7.55. The second-order valence-corrected chi connectivity index (χ2v) is 9.71. The van der Waals surface area contributed by atoms with E-state index in [0.29, 0.717) is 25.3 Å². The van der Waals surface area contributed by atoms with Crippen LogP contribution in [0.2, 0.25) is 0 Å². The lowest BCUT2D eigenvalue weighted by Crippen LogP contribution is -2.49. The number of hydrogen-bond donors (Lipinski definition) is 0. The van der Waals surface area contributed by atoms with Crippen LogP contribution in [0.4, 0.5) is 5.82 Å². The zero-order valence-electron chi connectivity index (χ0n) is 21.1. The SMILES string of the molecule is CC(=O)N1CCN(c2c3c(c(C#N)c4nc5ccccc5n24)CCN(CCOc2ccccc2)C3)CC1. The molecule has 0 aliphatic carbocycles. The van der Waals surface area contributed by atoms with Crippen LogP contribution in [0.1, 0.15) is 23.6 Å². The lowest BCUT2D eigenvalue weighted by molar-refractivity contribution is -0.129. The van der Waals surface area contributed by atoms with E-state index in [2.05, 4.69) is 26.3 Å². The standard InChI is InChI=1S/C29H30N6O2/c1-21(36)33-13-15-34(16-14-33)29-25-20-32(17-18-37-22-7-3-2-4-8-22)12-11-23(25)24(19-30)28-31-26-9-5-6-10-27(26)35(28)29/h2-10H,11-18,20H2,1H3. The molecule has 8 nitrogen and oxygen atoms in total. The van der Waals surface area contributed by atoms with Crippen LogP contribution in [0.25, 0.3) is 16.7 Å². The molecule has 1 saturated heterocycles. The fraction of sp³-hybridized carbons (Fsp3) is 0.345. The van der Waals surface area contributed by atoms with Gasteiger partial charge in [-0.1, -0.05) is 30.3 Å². The number of piperazine rings is 1. The van der Waals surface area contributed by atoms with Gasteiger partial charge in [0.1, 0.15) is 24.2 Å². The number of anilines is 1. The largest absolute Gasteiger partial charge is 0.492 e. The molecular formula is C29H30N6O2. The van der Waals surface area contributed by atoms with E-state index in [0.717, 1.165) is 73.0 Å². The third kappa shape index (κ3) is 4.25. The molecule has 2 aliphatic heterocycles. The molecule has 37 heavy (non-hydrogen) atoms. The van der Waals surface area contributed by atoms with Crippen molar-refractivity contribution in [2.75, 3.05) is 50.8 Å². The van der Waals surface area contributed by atoms with Gasteiger partial charge < -0.3 is 14.5 Å². The fourth-order valence-corrected chi connectivity index (χ4v) is 5.66. The Morgan fingerprint density at radius 3 is 2.51 bits per heavy atom. The van der Waals surface area contributed by atoms with Crippen LogP contribution in [0, 0.1) is 11.3 Å². The summed E-state index contributed by atoms with van der Waals surface area (Å²) in [5.41, 5.74) is 5.59. The van der Waals surface area contributed by atoms with Gasteiger partial charge in [-0.05, 0) is 36.2 Å². The van der Waals surface area contributed by atoms with E-state index in [4.69, 9.17) is 9.72 Å². The summed E-state index contributed by atoms with van der Waals surface area (Å²) in [5, 5.41) is 10.3. The number of ether oxygens (including phenoxy) is 1. The summed E-state index contributed by atoms with van der Waals surface area (Å²) in [6.45, 7) is 7.52. The summed E-state index contributed by atoms with van der Waals surface area (Å²) in [6.07, 6.45) is 0.795. The highest BCUT2D eigenvalue weighted by atomic mass is 16.5. The monoisotopic (exact) mass is 494 g/mol. The third-order valence-electron chi connectivity index (χ3n) is 7.55. The van der Waals surface area contributed by atoms with Crippen LogP contribution < -0.4 is 9.64 Å². The van der Waals surface area contributed by atoms with Crippen molar-refractivity contribution in [3.8, 4) is 11.8 Å². The van der Waals surface area contributed by atoms with Gasteiger partial charge in [-0.25, -0.2) is 4.98 Å². The second kappa shape index (κ2) is 9.75. The van der Waals surface area contributed by atoms with Crippen molar-refractivity contribution in [1.82, 2.24) is 19.2 Å². The maximum Gasteiger partial charge on any atom is 0.219 e. The maximum absolute atomic E-state index is 12.0. The van der Waals surface area contributed by atoms with Crippen molar-refractivity contribution < 1.29 is 9.53 Å². The van der Waals surface area contributed by atoms with Crippen molar-refractivity contribution in [1.29, 1.82) is 5.26 Å². The molecule has 6 rings (SSSR count). The van der Waals surface area contributed by atoms with Gasteiger partial charge in [0.25, 0.3) is 0 Å². The molecule has 2 aromatic carbocycles. The summed E-state index contributed by atoms with van der Waals surface area (Å²) in [7, 11) is 0. The molecule has 4 heterocycles. The van der Waals surface area contributed by atoms with Gasteiger partial charge in [0.2, 0.25) is 5.91 Å². The van der Waals surface area contributed by atoms with Crippen LogP contribution in [-0.2, 0) is 17.8 Å². The number of benzene rings is 2. The minimum atomic E-state index is 0.115. The van der Waals surface area contributed by atoms with E-state index >= 15 is 0 Å². The lowest BCUT2D eigenvalue weighted by Gasteiger charge is -2.39. The molecule has 0 N–H and O–H groups in total. The molecule has 2 aliphatic rings. The lowest BCUT2D eigenvalue weighted by atomic mass is 9.95. The van der Waals surface area contributed by atoms with Crippen molar-refractivity contribution in [3.05, 3.63) is 71.3 Å². The number of nitrogens with zero attached hydrogens (tertiary/aromatic N) is 6. The van der Waals surface area contributed by atoms with Crippen molar-refractivity contribution in [3.63, 3.8) is 0 Å². The number of para-hydroxylation sites is 3. The van der Waals surface area contributed by atoms with Gasteiger partial charge >= 0.3 is 0 Å². The quantitative estimate of drug-likeness (QED) is 0.423. The number of carbonyl (C=O) groups is 1. The topological polar surface area (TPSA) is 77.1 Å². The highest BCUT2D eigenvalue weighted by Crippen LogP contribution is 2.37. The number of nitriles is 1. The molecular weight excluding hydrogens is 464 g/mol. The molecule has 4 aromatic rings. The first-order valence-corrected chi connectivity index (χ1v) is 12.9. The molecule has 8 heteroatoms. The molecule has 0 spiro atoms. The van der Waals surface area contributed by atoms with Crippen molar-refractivity contribution in [2.24, 2.45) is 0 Å². The van der Waals surface area contributed by atoms with Crippen LogP contribution >= 0.6 is 0 Å². The highest BCUT2D eigenvalue weighted by molar-refractivity contribution is 5.86. The van der Waals surface area contributed by atoms with Gasteiger partial charge in [0, 0.05) is 58.3 Å². The maximum atomic E-state index is 12.0. The second-order valence-electron chi connectivity index (χ2n) is 9.71. The molecule has 188 valence electrons. The van der Waals surface area contributed by atoms with Gasteiger partial charge in [-0.3, -0.25) is 14.1 Å². The number of carbonyl (C=O) groups excluding carboxylic acids is 1. The predicted molar refractivity (Wildman–Crippen MR) is 143 cm³/mol. The van der Waals surface area contributed by atoms with Gasteiger partial charge in [-0.15, -0.1) is 0 Å². The zero-order chi connectivity index (χ0) is 25.4. The number of amides is 1. The van der Waals surface area contributed by atoms with Crippen LogP contribution in [0.3, 0.4) is 0 Å². The molecule has 0 bridgehead atoms. The number of hydrogen-bond acceptors (Lipinski definition) is 6. The molecule has 0 unspecified atom stereocenters. The Bertz CT molecular complexity index is 1500. The normalized spacial score (nSPS) is 16.1. The Balaban J connectivity index is 1.40. The number of fused-ring (bicyclic) bond motifs is 4. The smallest absolute Gasteiger partial charge is 0.219 e.